The Kier molecular flexibility index (Phi) is 7.91. The van der Waals surface area contributed by atoms with Crippen LogP contribution in [0.3, 0.4) is 0 Å². The van der Waals surface area contributed by atoms with Crippen molar-refractivity contribution in [1.29, 1.82) is 0 Å². The fraction of sp³-hybridized carbons (Fsp3) is 0.538. The standard InChI is InChI=1S/C26H35FN6O3/c1-5-23(34)30-19-10-12-32(13-11-19)20-8-6-18(7-9-20)17(4)29-25-28-14-21(27)24(31-25)33-22(16(2)3)15-36-26(33)35/h6-9,14,16-17,19,22H,5,10-13,15H2,1-4H3,(H,30,34)(H,28,29,31)/t17-,22+/m0/s1. The molecule has 10 heteroatoms. The van der Waals surface area contributed by atoms with Crippen molar-refractivity contribution in [2.24, 2.45) is 5.92 Å². The third-order valence-electron chi connectivity index (χ3n) is 6.91. The highest BCUT2D eigenvalue weighted by atomic mass is 19.1. The highest BCUT2D eigenvalue weighted by molar-refractivity contribution is 5.89. The highest BCUT2D eigenvalue weighted by Gasteiger charge is 2.38. The summed E-state index contributed by atoms with van der Waals surface area (Å²) in [6.45, 7) is 9.75. The van der Waals surface area contributed by atoms with E-state index in [1.165, 1.54) is 4.90 Å². The number of carbonyl (C=O) groups excluding carboxylic acids is 2. The number of carbonyl (C=O) groups is 2. The van der Waals surface area contributed by atoms with Crippen molar-refractivity contribution in [3.8, 4) is 0 Å². The van der Waals surface area contributed by atoms with Gasteiger partial charge in [-0.1, -0.05) is 32.9 Å². The Hall–Kier alpha value is -3.43. The summed E-state index contributed by atoms with van der Waals surface area (Å²) in [7, 11) is 0. The first kappa shape index (κ1) is 25.7. The predicted octanol–water partition coefficient (Wildman–Crippen LogP) is 4.27. The van der Waals surface area contributed by atoms with Crippen LogP contribution in [-0.2, 0) is 9.53 Å². The van der Waals surface area contributed by atoms with E-state index in [1.54, 1.807) is 0 Å². The minimum atomic E-state index is -0.667. The number of ether oxygens (including phenoxy) is 1. The molecule has 1 aromatic heterocycles. The van der Waals surface area contributed by atoms with E-state index < -0.39 is 11.9 Å². The summed E-state index contributed by atoms with van der Waals surface area (Å²) in [5.41, 5.74) is 2.16. The second-order valence-corrected chi connectivity index (χ2v) is 9.76. The first-order valence-electron chi connectivity index (χ1n) is 12.7. The molecule has 0 saturated carbocycles. The maximum absolute atomic E-state index is 14.6. The van der Waals surface area contributed by atoms with Crippen molar-refractivity contribution >= 4 is 29.5 Å². The molecule has 36 heavy (non-hydrogen) atoms. The average molecular weight is 499 g/mol. The molecular weight excluding hydrogens is 463 g/mol. The number of nitrogens with zero attached hydrogens (tertiary/aromatic N) is 4. The van der Waals surface area contributed by atoms with Gasteiger partial charge in [-0.15, -0.1) is 0 Å². The van der Waals surface area contributed by atoms with Gasteiger partial charge < -0.3 is 20.3 Å². The Morgan fingerprint density at radius 3 is 2.53 bits per heavy atom. The molecule has 0 aliphatic carbocycles. The topological polar surface area (TPSA) is 99.7 Å². The number of amides is 2. The van der Waals surface area contributed by atoms with Crippen LogP contribution < -0.4 is 20.4 Å². The van der Waals surface area contributed by atoms with Gasteiger partial charge in [0.05, 0.1) is 18.3 Å². The summed E-state index contributed by atoms with van der Waals surface area (Å²) in [6.07, 6.45) is 2.85. The van der Waals surface area contributed by atoms with Gasteiger partial charge in [0.15, 0.2) is 11.6 Å². The van der Waals surface area contributed by atoms with Crippen molar-refractivity contribution in [1.82, 2.24) is 15.3 Å². The number of hydrogen-bond donors (Lipinski definition) is 2. The molecule has 2 saturated heterocycles. The molecule has 2 amide bonds. The van der Waals surface area contributed by atoms with Crippen molar-refractivity contribution in [3.05, 3.63) is 41.8 Å². The summed E-state index contributed by atoms with van der Waals surface area (Å²) in [5.74, 6) is -0.312. The molecule has 2 aliphatic rings. The number of aromatic nitrogens is 2. The van der Waals surface area contributed by atoms with Crippen LogP contribution >= 0.6 is 0 Å². The third-order valence-corrected chi connectivity index (χ3v) is 6.91. The normalized spacial score (nSPS) is 19.4. The van der Waals surface area contributed by atoms with Crippen LogP contribution in [0.2, 0.25) is 0 Å². The van der Waals surface area contributed by atoms with Crippen LogP contribution in [0.25, 0.3) is 0 Å². The van der Waals surface area contributed by atoms with Gasteiger partial charge in [-0.2, -0.15) is 4.98 Å². The summed E-state index contributed by atoms with van der Waals surface area (Å²) in [6, 6.07) is 8.10. The fourth-order valence-electron chi connectivity index (χ4n) is 4.63. The lowest BCUT2D eigenvalue weighted by Crippen LogP contribution is -2.44. The van der Waals surface area contributed by atoms with Crippen LogP contribution in [0, 0.1) is 11.7 Å². The Morgan fingerprint density at radius 1 is 1.19 bits per heavy atom. The van der Waals surface area contributed by atoms with E-state index in [4.69, 9.17) is 4.74 Å². The molecule has 0 unspecified atom stereocenters. The monoisotopic (exact) mass is 498 g/mol. The lowest BCUT2D eigenvalue weighted by atomic mass is 10.0. The quantitative estimate of drug-likeness (QED) is 0.561. The zero-order valence-electron chi connectivity index (χ0n) is 21.3. The first-order chi connectivity index (χ1) is 17.3. The zero-order valence-corrected chi connectivity index (χ0v) is 21.3. The van der Waals surface area contributed by atoms with Crippen molar-refractivity contribution in [3.63, 3.8) is 0 Å². The molecule has 194 valence electrons. The van der Waals surface area contributed by atoms with E-state index in [-0.39, 0.29) is 48.3 Å². The van der Waals surface area contributed by atoms with Gasteiger partial charge in [0.25, 0.3) is 0 Å². The molecule has 2 N–H and O–H groups in total. The molecule has 9 nitrogen and oxygen atoms in total. The molecule has 2 fully saturated rings. The second kappa shape index (κ2) is 11.1. The maximum atomic E-state index is 14.6. The van der Waals surface area contributed by atoms with Crippen LogP contribution in [-0.4, -0.2) is 53.7 Å². The Bertz CT molecular complexity index is 1070. The van der Waals surface area contributed by atoms with Gasteiger partial charge in [-0.05, 0) is 43.4 Å². The van der Waals surface area contributed by atoms with Crippen LogP contribution in [0.1, 0.15) is 58.6 Å². The zero-order chi connectivity index (χ0) is 25.8. The minimum absolute atomic E-state index is 0.0743. The van der Waals surface area contributed by atoms with Gasteiger partial charge in [0.1, 0.15) is 6.61 Å². The number of anilines is 3. The Labute approximate surface area is 211 Å². The molecule has 0 bridgehead atoms. The lowest BCUT2D eigenvalue weighted by Gasteiger charge is -2.34. The predicted molar refractivity (Wildman–Crippen MR) is 137 cm³/mol. The lowest BCUT2D eigenvalue weighted by molar-refractivity contribution is -0.121. The Morgan fingerprint density at radius 2 is 1.89 bits per heavy atom. The molecule has 0 radical (unpaired) electrons. The molecule has 4 rings (SSSR count). The van der Waals surface area contributed by atoms with Crippen LogP contribution in [0.4, 0.5) is 26.6 Å². The maximum Gasteiger partial charge on any atom is 0.416 e. The molecule has 2 aliphatic heterocycles. The van der Waals surface area contributed by atoms with E-state index in [0.717, 1.165) is 43.4 Å². The largest absolute Gasteiger partial charge is 0.447 e. The number of benzene rings is 1. The van der Waals surface area contributed by atoms with Crippen molar-refractivity contribution < 1.29 is 18.7 Å². The third kappa shape index (κ3) is 5.68. The van der Waals surface area contributed by atoms with E-state index in [0.29, 0.717) is 6.42 Å². The molecule has 3 heterocycles. The molecular formula is C26H35FN6O3. The van der Waals surface area contributed by atoms with Crippen LogP contribution in [0.5, 0.6) is 0 Å². The molecule has 0 spiro atoms. The average Bonchev–Trinajstić information content (AvgIpc) is 3.27. The van der Waals surface area contributed by atoms with Gasteiger partial charge >= 0.3 is 6.09 Å². The number of nitrogens with one attached hydrogen (secondary N) is 2. The summed E-state index contributed by atoms with van der Waals surface area (Å²) >= 11 is 0. The number of halogens is 1. The number of hydrogen-bond acceptors (Lipinski definition) is 7. The first-order valence-corrected chi connectivity index (χ1v) is 12.7. The second-order valence-electron chi connectivity index (χ2n) is 9.76. The SMILES string of the molecule is CCC(=O)NC1CCN(c2ccc([C@H](C)Nc3ncc(F)c(N4C(=O)OC[C@@H]4C(C)C)n3)cc2)CC1. The van der Waals surface area contributed by atoms with Gasteiger partial charge in [0, 0.05) is 31.2 Å². The van der Waals surface area contributed by atoms with Crippen LogP contribution in [0.15, 0.2) is 30.5 Å². The number of piperidine rings is 1. The molecule has 1 aromatic carbocycles. The van der Waals surface area contributed by atoms with Crippen molar-refractivity contribution in [2.45, 2.75) is 65.1 Å². The number of rotatable bonds is 8. The minimum Gasteiger partial charge on any atom is -0.447 e. The van der Waals surface area contributed by atoms with Gasteiger partial charge in [0.2, 0.25) is 11.9 Å². The molecule has 2 aromatic rings. The molecule has 2 atom stereocenters. The summed E-state index contributed by atoms with van der Waals surface area (Å²) in [4.78, 5) is 35.9. The van der Waals surface area contributed by atoms with Gasteiger partial charge in [-0.3, -0.25) is 9.69 Å². The Balaban J connectivity index is 1.39. The van der Waals surface area contributed by atoms with E-state index in [1.807, 2.05) is 27.7 Å². The van der Waals surface area contributed by atoms with E-state index >= 15 is 0 Å². The van der Waals surface area contributed by atoms with E-state index in [9.17, 15) is 14.0 Å². The highest BCUT2D eigenvalue weighted by Crippen LogP contribution is 2.29. The fourth-order valence-corrected chi connectivity index (χ4v) is 4.63. The number of cyclic esters (lactones) is 1. The van der Waals surface area contributed by atoms with Gasteiger partial charge in [-0.25, -0.2) is 14.2 Å². The smallest absolute Gasteiger partial charge is 0.416 e. The summed E-state index contributed by atoms with van der Waals surface area (Å²) in [5, 5.41) is 6.30. The van der Waals surface area contributed by atoms with Crippen molar-refractivity contribution in [2.75, 3.05) is 34.8 Å². The summed E-state index contributed by atoms with van der Waals surface area (Å²) < 4.78 is 19.7. The van der Waals surface area contributed by atoms with E-state index in [2.05, 4.69) is 49.8 Å².